The molecule has 126 valence electrons. The van der Waals surface area contributed by atoms with Gasteiger partial charge in [0.2, 0.25) is 5.91 Å². The largest absolute Gasteiger partial charge is 0.353 e. The number of carbonyl (C=O) groups is 1. The molecule has 0 fully saturated rings. The molecule has 0 saturated heterocycles. The lowest BCUT2D eigenvalue weighted by atomic mass is 10.1. The maximum atomic E-state index is 12.1. The number of hydrogen-bond acceptors (Lipinski definition) is 3. The molecule has 0 bridgehead atoms. The number of anilines is 3. The van der Waals surface area contributed by atoms with Crippen LogP contribution >= 0.6 is 15.9 Å². The summed E-state index contributed by atoms with van der Waals surface area (Å²) < 4.78 is 0.993. The number of halogens is 1. The van der Waals surface area contributed by atoms with E-state index in [4.69, 9.17) is 0 Å². The van der Waals surface area contributed by atoms with E-state index < -0.39 is 0 Å². The second-order valence-electron chi connectivity index (χ2n) is 5.75. The van der Waals surface area contributed by atoms with E-state index in [1.807, 2.05) is 61.5 Å². The van der Waals surface area contributed by atoms with Crippen molar-refractivity contribution in [3.05, 3.63) is 82.5 Å². The molecule has 0 aliphatic heterocycles. The minimum atomic E-state index is -0.0827. The number of pyridine rings is 1. The lowest BCUT2D eigenvalue weighted by Gasteiger charge is -2.10. The van der Waals surface area contributed by atoms with Gasteiger partial charge < -0.3 is 10.6 Å². The summed E-state index contributed by atoms with van der Waals surface area (Å²) in [4.78, 5) is 16.4. The van der Waals surface area contributed by atoms with Crippen molar-refractivity contribution in [2.45, 2.75) is 13.3 Å². The number of benzene rings is 2. The van der Waals surface area contributed by atoms with Crippen LogP contribution in [0.15, 0.2) is 71.3 Å². The molecular weight excluding hydrogens is 378 g/mol. The number of carbonyl (C=O) groups excluding carboxylic acids is 1. The van der Waals surface area contributed by atoms with Gasteiger partial charge in [0.1, 0.15) is 5.82 Å². The summed E-state index contributed by atoms with van der Waals surface area (Å²) >= 11 is 3.54. The van der Waals surface area contributed by atoms with Crippen molar-refractivity contribution in [2.24, 2.45) is 0 Å². The third kappa shape index (κ3) is 4.90. The van der Waals surface area contributed by atoms with Crippen molar-refractivity contribution in [1.29, 1.82) is 0 Å². The molecule has 0 aliphatic carbocycles. The highest BCUT2D eigenvalue weighted by Gasteiger charge is 2.05. The maximum Gasteiger partial charge on any atom is 0.229 e. The Morgan fingerprint density at radius 1 is 1.08 bits per heavy atom. The van der Waals surface area contributed by atoms with Crippen LogP contribution in [-0.4, -0.2) is 10.9 Å². The minimum absolute atomic E-state index is 0.0827. The summed E-state index contributed by atoms with van der Waals surface area (Å²) in [5.41, 5.74) is 3.98. The third-order valence-electron chi connectivity index (χ3n) is 3.64. The Morgan fingerprint density at radius 2 is 1.88 bits per heavy atom. The average Bonchev–Trinajstić information content (AvgIpc) is 2.60. The zero-order valence-corrected chi connectivity index (χ0v) is 15.4. The van der Waals surface area contributed by atoms with E-state index in [9.17, 15) is 4.79 Å². The van der Waals surface area contributed by atoms with Crippen LogP contribution in [0.2, 0.25) is 0 Å². The Morgan fingerprint density at radius 3 is 2.56 bits per heavy atom. The molecule has 25 heavy (non-hydrogen) atoms. The number of aromatic nitrogens is 1. The number of aryl methyl sites for hydroxylation is 1. The molecule has 1 amide bonds. The summed E-state index contributed by atoms with van der Waals surface area (Å²) in [5, 5.41) is 6.11. The van der Waals surface area contributed by atoms with E-state index in [1.54, 1.807) is 12.3 Å². The fourth-order valence-corrected chi connectivity index (χ4v) is 2.98. The molecule has 3 rings (SSSR count). The van der Waals surface area contributed by atoms with Crippen LogP contribution in [0.3, 0.4) is 0 Å². The molecule has 0 saturated carbocycles. The van der Waals surface area contributed by atoms with E-state index in [1.165, 1.54) is 5.56 Å². The van der Waals surface area contributed by atoms with Gasteiger partial charge in [0.15, 0.2) is 0 Å². The lowest BCUT2D eigenvalue weighted by Crippen LogP contribution is -2.15. The van der Waals surface area contributed by atoms with Crippen LogP contribution in [0.1, 0.15) is 11.1 Å². The molecule has 0 unspecified atom stereocenters. The normalized spacial score (nSPS) is 10.3. The van der Waals surface area contributed by atoms with Crippen LogP contribution in [0, 0.1) is 6.92 Å². The first kappa shape index (κ1) is 17.2. The smallest absolute Gasteiger partial charge is 0.229 e. The van der Waals surface area contributed by atoms with Crippen molar-refractivity contribution < 1.29 is 4.79 Å². The van der Waals surface area contributed by atoms with Crippen LogP contribution in [-0.2, 0) is 11.2 Å². The van der Waals surface area contributed by atoms with E-state index in [0.29, 0.717) is 12.2 Å². The highest BCUT2D eigenvalue weighted by Crippen LogP contribution is 2.26. The molecule has 1 aromatic heterocycles. The SMILES string of the molecule is Cc1ccc(Nc2ccc(NC(=O)Cc3ccccc3)nc2)c(Br)c1. The lowest BCUT2D eigenvalue weighted by molar-refractivity contribution is -0.115. The molecule has 4 nitrogen and oxygen atoms in total. The van der Waals surface area contributed by atoms with Crippen molar-refractivity contribution >= 4 is 39.0 Å². The predicted molar refractivity (Wildman–Crippen MR) is 105 cm³/mol. The van der Waals surface area contributed by atoms with E-state index >= 15 is 0 Å². The molecule has 0 atom stereocenters. The molecule has 2 aromatic carbocycles. The second-order valence-corrected chi connectivity index (χ2v) is 6.61. The Kier molecular flexibility index (Phi) is 5.46. The van der Waals surface area contributed by atoms with Crippen molar-refractivity contribution in [1.82, 2.24) is 4.98 Å². The molecule has 3 aromatic rings. The predicted octanol–water partition coefficient (Wildman–Crippen LogP) is 5.08. The fraction of sp³-hybridized carbons (Fsp3) is 0.100. The first-order chi connectivity index (χ1) is 12.1. The molecule has 5 heteroatoms. The average molecular weight is 396 g/mol. The summed E-state index contributed by atoms with van der Waals surface area (Å²) in [6.07, 6.45) is 2.03. The summed E-state index contributed by atoms with van der Waals surface area (Å²) in [6, 6.07) is 19.4. The van der Waals surface area contributed by atoms with Gasteiger partial charge in [-0.25, -0.2) is 4.98 Å². The minimum Gasteiger partial charge on any atom is -0.353 e. The maximum absolute atomic E-state index is 12.1. The summed E-state index contributed by atoms with van der Waals surface area (Å²) in [5.74, 6) is 0.454. The van der Waals surface area contributed by atoms with E-state index in [-0.39, 0.29) is 5.91 Å². The first-order valence-electron chi connectivity index (χ1n) is 7.93. The molecule has 0 radical (unpaired) electrons. The number of nitrogens with zero attached hydrogens (tertiary/aromatic N) is 1. The number of amides is 1. The van der Waals surface area contributed by atoms with Crippen LogP contribution in [0.5, 0.6) is 0 Å². The van der Waals surface area contributed by atoms with Gasteiger partial charge in [-0.2, -0.15) is 0 Å². The standard InChI is InChI=1S/C20H18BrN3O/c1-14-7-9-18(17(21)11-14)23-16-8-10-19(22-13-16)24-20(25)12-15-5-3-2-4-6-15/h2-11,13,23H,12H2,1H3,(H,22,24,25). The molecule has 2 N–H and O–H groups in total. The third-order valence-corrected chi connectivity index (χ3v) is 4.30. The number of hydrogen-bond donors (Lipinski definition) is 2. The molecule has 0 aliphatic rings. The Hall–Kier alpha value is -2.66. The second kappa shape index (κ2) is 7.94. The molecular formula is C20H18BrN3O. The number of rotatable bonds is 5. The van der Waals surface area contributed by atoms with Gasteiger partial charge in [-0.1, -0.05) is 36.4 Å². The Balaban J connectivity index is 1.61. The van der Waals surface area contributed by atoms with Crippen molar-refractivity contribution in [3.8, 4) is 0 Å². The van der Waals surface area contributed by atoms with E-state index in [0.717, 1.165) is 21.4 Å². The monoisotopic (exact) mass is 395 g/mol. The molecule has 0 spiro atoms. The summed E-state index contributed by atoms with van der Waals surface area (Å²) in [7, 11) is 0. The zero-order chi connectivity index (χ0) is 17.6. The topological polar surface area (TPSA) is 54.0 Å². The van der Waals surface area contributed by atoms with Gasteiger partial charge in [0.05, 0.1) is 24.0 Å². The quantitative estimate of drug-likeness (QED) is 0.633. The highest BCUT2D eigenvalue weighted by molar-refractivity contribution is 9.10. The van der Waals surface area contributed by atoms with Gasteiger partial charge in [0.25, 0.3) is 0 Å². The van der Waals surface area contributed by atoms with Crippen molar-refractivity contribution in [3.63, 3.8) is 0 Å². The molecule has 1 heterocycles. The zero-order valence-electron chi connectivity index (χ0n) is 13.8. The van der Waals surface area contributed by atoms with Gasteiger partial charge in [-0.3, -0.25) is 4.79 Å². The summed E-state index contributed by atoms with van der Waals surface area (Å²) in [6.45, 7) is 2.04. The van der Waals surface area contributed by atoms with Crippen LogP contribution in [0.25, 0.3) is 0 Å². The fourth-order valence-electron chi connectivity index (χ4n) is 2.39. The van der Waals surface area contributed by atoms with Crippen LogP contribution < -0.4 is 10.6 Å². The van der Waals surface area contributed by atoms with E-state index in [2.05, 4.69) is 31.5 Å². The van der Waals surface area contributed by atoms with Crippen LogP contribution in [0.4, 0.5) is 17.2 Å². The van der Waals surface area contributed by atoms with Crippen molar-refractivity contribution in [2.75, 3.05) is 10.6 Å². The first-order valence-corrected chi connectivity index (χ1v) is 8.72. The van der Waals surface area contributed by atoms with Gasteiger partial charge in [-0.05, 0) is 58.2 Å². The Labute approximate surface area is 155 Å². The Bertz CT molecular complexity index is 864. The van der Waals surface area contributed by atoms with Gasteiger partial charge in [-0.15, -0.1) is 0 Å². The number of nitrogens with one attached hydrogen (secondary N) is 2. The van der Waals surface area contributed by atoms with Gasteiger partial charge in [0, 0.05) is 4.47 Å². The highest BCUT2D eigenvalue weighted by atomic mass is 79.9. The van der Waals surface area contributed by atoms with Gasteiger partial charge >= 0.3 is 0 Å².